The number of carbonyl (C=O) groups is 1. The number of amides is 1. The first kappa shape index (κ1) is 13.8. The predicted molar refractivity (Wildman–Crippen MR) is 73.2 cm³/mol. The molecule has 1 amide bonds. The Morgan fingerprint density at radius 2 is 2.17 bits per heavy atom. The molecule has 1 aliphatic heterocycles. The van der Waals surface area contributed by atoms with E-state index in [0.29, 0.717) is 11.8 Å². The summed E-state index contributed by atoms with van der Waals surface area (Å²) < 4.78 is 0. The molecule has 2 rings (SSSR count). The minimum atomic E-state index is 0.104. The summed E-state index contributed by atoms with van der Waals surface area (Å²) in [4.78, 5) is 16.8. The fourth-order valence-electron chi connectivity index (χ4n) is 3.28. The monoisotopic (exact) mass is 253 g/mol. The average Bonchev–Trinajstić information content (AvgIpc) is 2.97. The molecule has 1 aliphatic carbocycles. The zero-order valence-electron chi connectivity index (χ0n) is 11.8. The van der Waals surface area contributed by atoms with Crippen LogP contribution in [0.25, 0.3) is 0 Å². The van der Waals surface area contributed by atoms with E-state index in [0.717, 1.165) is 51.9 Å². The van der Waals surface area contributed by atoms with Gasteiger partial charge >= 0.3 is 0 Å². The summed E-state index contributed by atoms with van der Waals surface area (Å²) in [6.07, 6.45) is 4.29. The van der Waals surface area contributed by atoms with Crippen molar-refractivity contribution in [3.05, 3.63) is 0 Å². The minimum absolute atomic E-state index is 0.104. The van der Waals surface area contributed by atoms with E-state index < -0.39 is 0 Å². The van der Waals surface area contributed by atoms with Gasteiger partial charge in [-0.2, -0.15) is 0 Å². The van der Waals surface area contributed by atoms with Crippen molar-refractivity contribution in [1.29, 1.82) is 0 Å². The van der Waals surface area contributed by atoms with E-state index in [2.05, 4.69) is 23.8 Å². The Hall–Kier alpha value is -0.610. The molecule has 4 heteroatoms. The fraction of sp³-hybridized carbons (Fsp3) is 0.929. The van der Waals surface area contributed by atoms with Crippen LogP contribution < -0.4 is 5.73 Å². The highest BCUT2D eigenvalue weighted by Gasteiger charge is 2.36. The van der Waals surface area contributed by atoms with E-state index in [1.165, 1.54) is 0 Å². The molecule has 2 aliphatic rings. The highest BCUT2D eigenvalue weighted by Crippen LogP contribution is 2.28. The minimum Gasteiger partial charge on any atom is -0.342 e. The van der Waals surface area contributed by atoms with Gasteiger partial charge in [0.2, 0.25) is 5.91 Å². The van der Waals surface area contributed by atoms with Crippen LogP contribution in [0.5, 0.6) is 0 Å². The summed E-state index contributed by atoms with van der Waals surface area (Å²) in [7, 11) is 2.15. The third-order valence-corrected chi connectivity index (χ3v) is 4.59. The van der Waals surface area contributed by atoms with Crippen molar-refractivity contribution in [2.45, 2.75) is 38.6 Å². The van der Waals surface area contributed by atoms with Gasteiger partial charge in [-0.25, -0.2) is 0 Å². The van der Waals surface area contributed by atoms with Crippen molar-refractivity contribution in [3.8, 4) is 0 Å². The second-order valence-corrected chi connectivity index (χ2v) is 6.00. The van der Waals surface area contributed by atoms with E-state index in [-0.39, 0.29) is 12.0 Å². The molecule has 2 N–H and O–H groups in total. The number of nitrogens with zero attached hydrogens (tertiary/aromatic N) is 2. The van der Waals surface area contributed by atoms with E-state index >= 15 is 0 Å². The van der Waals surface area contributed by atoms with Crippen molar-refractivity contribution >= 4 is 5.91 Å². The normalized spacial score (nSPS) is 32.4. The molecule has 1 saturated carbocycles. The number of carbonyl (C=O) groups excluding carboxylic acids is 1. The van der Waals surface area contributed by atoms with Crippen LogP contribution in [0.3, 0.4) is 0 Å². The first-order chi connectivity index (χ1) is 8.61. The molecular weight excluding hydrogens is 226 g/mol. The van der Waals surface area contributed by atoms with Gasteiger partial charge in [0.1, 0.15) is 0 Å². The number of nitrogens with two attached hydrogens (primary N) is 1. The fourth-order valence-corrected chi connectivity index (χ4v) is 3.28. The largest absolute Gasteiger partial charge is 0.342 e. The summed E-state index contributed by atoms with van der Waals surface area (Å²) in [5.74, 6) is 1.07. The van der Waals surface area contributed by atoms with Gasteiger partial charge in [-0.05, 0) is 38.8 Å². The van der Waals surface area contributed by atoms with Crippen LogP contribution in [-0.2, 0) is 4.79 Å². The van der Waals surface area contributed by atoms with Crippen LogP contribution in [0.2, 0.25) is 0 Å². The third kappa shape index (κ3) is 3.04. The molecule has 0 aromatic rings. The molecule has 4 nitrogen and oxygen atoms in total. The van der Waals surface area contributed by atoms with Crippen molar-refractivity contribution in [1.82, 2.24) is 9.80 Å². The Labute approximate surface area is 110 Å². The van der Waals surface area contributed by atoms with Crippen LogP contribution in [-0.4, -0.2) is 55.0 Å². The van der Waals surface area contributed by atoms with Gasteiger partial charge in [0, 0.05) is 25.7 Å². The Kier molecular flexibility index (Phi) is 4.62. The first-order valence-corrected chi connectivity index (χ1v) is 7.34. The van der Waals surface area contributed by atoms with Crippen molar-refractivity contribution in [2.24, 2.45) is 17.6 Å². The summed E-state index contributed by atoms with van der Waals surface area (Å²) in [5.41, 5.74) is 6.03. The zero-order chi connectivity index (χ0) is 13.1. The molecule has 0 bridgehead atoms. The maximum absolute atomic E-state index is 12.4. The van der Waals surface area contributed by atoms with Crippen LogP contribution in [0.4, 0.5) is 0 Å². The highest BCUT2D eigenvalue weighted by molar-refractivity contribution is 5.80. The molecule has 3 atom stereocenters. The van der Waals surface area contributed by atoms with Gasteiger partial charge in [-0.15, -0.1) is 0 Å². The molecule has 0 aromatic carbocycles. The average molecular weight is 253 g/mol. The lowest BCUT2D eigenvalue weighted by atomic mass is 10.0. The van der Waals surface area contributed by atoms with Gasteiger partial charge in [-0.1, -0.05) is 13.3 Å². The number of likely N-dealkylation sites (tertiary alicyclic amines) is 1. The summed E-state index contributed by atoms with van der Waals surface area (Å²) in [6.45, 7) is 6.24. The van der Waals surface area contributed by atoms with Crippen LogP contribution >= 0.6 is 0 Å². The summed E-state index contributed by atoms with van der Waals surface area (Å²) >= 11 is 0. The van der Waals surface area contributed by atoms with Crippen LogP contribution in [0.1, 0.15) is 32.6 Å². The summed E-state index contributed by atoms with van der Waals surface area (Å²) in [6, 6.07) is 0.106. The number of rotatable bonds is 4. The second-order valence-electron chi connectivity index (χ2n) is 6.00. The van der Waals surface area contributed by atoms with Gasteiger partial charge < -0.3 is 15.5 Å². The lowest BCUT2D eigenvalue weighted by Crippen LogP contribution is -2.41. The predicted octanol–water partition coefficient (Wildman–Crippen LogP) is 0.914. The molecule has 3 unspecified atom stereocenters. The Morgan fingerprint density at radius 3 is 2.78 bits per heavy atom. The molecule has 0 radical (unpaired) electrons. The van der Waals surface area contributed by atoms with Gasteiger partial charge in [0.25, 0.3) is 0 Å². The van der Waals surface area contributed by atoms with E-state index in [9.17, 15) is 4.79 Å². The highest BCUT2D eigenvalue weighted by atomic mass is 16.2. The number of hydrogen-bond acceptors (Lipinski definition) is 3. The van der Waals surface area contributed by atoms with E-state index in [1.807, 2.05) is 0 Å². The molecule has 0 spiro atoms. The summed E-state index contributed by atoms with van der Waals surface area (Å²) in [5, 5.41) is 0. The van der Waals surface area contributed by atoms with Crippen molar-refractivity contribution < 1.29 is 4.79 Å². The number of hydrogen-bond donors (Lipinski definition) is 1. The topological polar surface area (TPSA) is 49.6 Å². The van der Waals surface area contributed by atoms with Crippen LogP contribution in [0, 0.1) is 11.8 Å². The van der Waals surface area contributed by atoms with Crippen molar-refractivity contribution in [3.63, 3.8) is 0 Å². The maximum atomic E-state index is 12.4. The molecule has 18 heavy (non-hydrogen) atoms. The molecule has 104 valence electrons. The van der Waals surface area contributed by atoms with Gasteiger partial charge in [0.05, 0.1) is 5.92 Å². The van der Waals surface area contributed by atoms with E-state index in [4.69, 9.17) is 5.73 Å². The Morgan fingerprint density at radius 1 is 1.39 bits per heavy atom. The Balaban J connectivity index is 1.83. The molecule has 1 heterocycles. The molecule has 1 saturated heterocycles. The molecule has 0 aromatic heterocycles. The van der Waals surface area contributed by atoms with Crippen LogP contribution in [0.15, 0.2) is 0 Å². The van der Waals surface area contributed by atoms with Gasteiger partial charge in [0.15, 0.2) is 0 Å². The lowest BCUT2D eigenvalue weighted by molar-refractivity contribution is -0.134. The lowest BCUT2D eigenvalue weighted by Gasteiger charge is -2.24. The zero-order valence-corrected chi connectivity index (χ0v) is 11.8. The first-order valence-electron chi connectivity index (χ1n) is 7.34. The molecular formula is C14H27N3O. The molecule has 2 fully saturated rings. The third-order valence-electron chi connectivity index (χ3n) is 4.59. The standard InChI is InChI=1S/C14H27N3O/c1-3-16(2)9-11-7-8-17(10-11)14(18)12-5-4-6-13(12)15/h11-13H,3-10,15H2,1-2H3. The Bertz CT molecular complexity index is 295. The smallest absolute Gasteiger partial charge is 0.227 e. The SMILES string of the molecule is CCN(C)CC1CCN(C(=O)C2CCCC2N)C1. The van der Waals surface area contributed by atoms with Gasteiger partial charge in [-0.3, -0.25) is 4.79 Å². The van der Waals surface area contributed by atoms with E-state index in [1.54, 1.807) is 0 Å². The maximum Gasteiger partial charge on any atom is 0.227 e. The second kappa shape index (κ2) is 6.02. The van der Waals surface area contributed by atoms with Crippen molar-refractivity contribution in [2.75, 3.05) is 33.2 Å². The quantitative estimate of drug-likeness (QED) is 0.810.